The fraction of sp³-hybridized carbons (Fsp3) is 0.625. The number of carbonyl (C=O) groups excluding carboxylic acids is 1. The Labute approximate surface area is 110 Å². The van der Waals surface area contributed by atoms with E-state index in [9.17, 15) is 4.79 Å². The standard InChI is InChI=1S/C16H23NO/c1-4-13-7-5-6-8-14(13)16(18)15-12(3)9-11(2)10-17-15/h9-10,13-14H,4-8H2,1-3H3. The highest BCUT2D eigenvalue weighted by molar-refractivity contribution is 5.97. The molecule has 0 bridgehead atoms. The van der Waals surface area contributed by atoms with Gasteiger partial charge in [0.1, 0.15) is 5.69 Å². The molecular weight excluding hydrogens is 222 g/mol. The SMILES string of the molecule is CCC1CCCCC1C(=O)c1ncc(C)cc1C. The Morgan fingerprint density at radius 1 is 1.33 bits per heavy atom. The second-order valence-corrected chi connectivity index (χ2v) is 5.60. The lowest BCUT2D eigenvalue weighted by Crippen LogP contribution is -2.28. The van der Waals surface area contributed by atoms with Gasteiger partial charge in [0.2, 0.25) is 0 Å². The fourth-order valence-corrected chi connectivity index (χ4v) is 3.19. The Morgan fingerprint density at radius 3 is 2.72 bits per heavy atom. The second kappa shape index (κ2) is 5.64. The lowest BCUT2D eigenvalue weighted by atomic mass is 9.74. The maximum atomic E-state index is 12.6. The van der Waals surface area contributed by atoms with Gasteiger partial charge < -0.3 is 0 Å². The molecular formula is C16H23NO. The number of aromatic nitrogens is 1. The molecule has 98 valence electrons. The van der Waals surface area contributed by atoms with Gasteiger partial charge in [-0.15, -0.1) is 0 Å². The highest BCUT2D eigenvalue weighted by Gasteiger charge is 2.31. The first kappa shape index (κ1) is 13.3. The van der Waals surface area contributed by atoms with Gasteiger partial charge in [-0.25, -0.2) is 0 Å². The molecule has 2 unspecified atom stereocenters. The van der Waals surface area contributed by atoms with Gasteiger partial charge in [-0.2, -0.15) is 0 Å². The molecule has 1 heterocycles. The normalized spacial score (nSPS) is 23.9. The summed E-state index contributed by atoms with van der Waals surface area (Å²) in [5, 5.41) is 0. The maximum Gasteiger partial charge on any atom is 0.184 e. The minimum atomic E-state index is 0.206. The average molecular weight is 245 g/mol. The summed E-state index contributed by atoms with van der Waals surface area (Å²) in [6.07, 6.45) is 7.65. The van der Waals surface area contributed by atoms with Crippen LogP contribution in [0.3, 0.4) is 0 Å². The molecule has 1 aromatic heterocycles. The number of hydrogen-bond acceptors (Lipinski definition) is 2. The Hall–Kier alpha value is -1.18. The molecule has 1 aromatic rings. The van der Waals surface area contributed by atoms with E-state index in [0.717, 1.165) is 24.0 Å². The van der Waals surface area contributed by atoms with Gasteiger partial charge in [-0.3, -0.25) is 9.78 Å². The summed E-state index contributed by atoms with van der Waals surface area (Å²) in [5.41, 5.74) is 2.85. The van der Waals surface area contributed by atoms with E-state index in [1.54, 1.807) is 0 Å². The van der Waals surface area contributed by atoms with Crippen LogP contribution in [0.5, 0.6) is 0 Å². The predicted octanol–water partition coefficient (Wildman–Crippen LogP) is 4.10. The number of pyridine rings is 1. The number of aryl methyl sites for hydroxylation is 2. The van der Waals surface area contributed by atoms with Crippen molar-refractivity contribution < 1.29 is 4.79 Å². The molecule has 2 nitrogen and oxygen atoms in total. The molecule has 1 fully saturated rings. The number of hydrogen-bond donors (Lipinski definition) is 0. The molecule has 0 aromatic carbocycles. The molecule has 1 aliphatic carbocycles. The molecule has 0 radical (unpaired) electrons. The number of carbonyl (C=O) groups is 1. The van der Waals surface area contributed by atoms with E-state index in [0.29, 0.717) is 11.6 Å². The van der Waals surface area contributed by atoms with Crippen molar-refractivity contribution in [3.05, 3.63) is 29.1 Å². The van der Waals surface area contributed by atoms with Crippen molar-refractivity contribution >= 4 is 5.78 Å². The molecule has 18 heavy (non-hydrogen) atoms. The summed E-state index contributed by atoms with van der Waals surface area (Å²) in [6, 6.07) is 2.06. The third kappa shape index (κ3) is 2.63. The highest BCUT2D eigenvalue weighted by Crippen LogP contribution is 2.34. The highest BCUT2D eigenvalue weighted by atomic mass is 16.1. The number of ketones is 1. The van der Waals surface area contributed by atoms with Crippen LogP contribution in [0.4, 0.5) is 0 Å². The van der Waals surface area contributed by atoms with E-state index in [-0.39, 0.29) is 11.7 Å². The summed E-state index contributed by atoms with van der Waals surface area (Å²) in [7, 11) is 0. The minimum Gasteiger partial charge on any atom is -0.292 e. The van der Waals surface area contributed by atoms with Crippen LogP contribution >= 0.6 is 0 Å². The molecule has 0 aliphatic heterocycles. The summed E-state index contributed by atoms with van der Waals surface area (Å²) in [6.45, 7) is 6.21. The van der Waals surface area contributed by atoms with Gasteiger partial charge in [-0.05, 0) is 43.7 Å². The van der Waals surface area contributed by atoms with E-state index in [4.69, 9.17) is 0 Å². The third-order valence-corrected chi connectivity index (χ3v) is 4.22. The zero-order valence-corrected chi connectivity index (χ0v) is 11.7. The van der Waals surface area contributed by atoms with Crippen LogP contribution in [0.1, 0.15) is 60.6 Å². The molecule has 0 spiro atoms. The van der Waals surface area contributed by atoms with Crippen LogP contribution in [0.2, 0.25) is 0 Å². The first-order valence-corrected chi connectivity index (χ1v) is 7.11. The Bertz CT molecular complexity index is 439. The van der Waals surface area contributed by atoms with Crippen LogP contribution in [0.25, 0.3) is 0 Å². The number of rotatable bonds is 3. The van der Waals surface area contributed by atoms with Crippen molar-refractivity contribution in [2.45, 2.75) is 52.9 Å². The quantitative estimate of drug-likeness (QED) is 0.750. The molecule has 1 aliphatic rings. The number of Topliss-reactive ketones (excluding diaryl/α,β-unsaturated/α-hetero) is 1. The molecule has 2 heteroatoms. The lowest BCUT2D eigenvalue weighted by molar-refractivity contribution is 0.0814. The fourth-order valence-electron chi connectivity index (χ4n) is 3.19. The summed E-state index contributed by atoms with van der Waals surface area (Å²) in [4.78, 5) is 17.0. The van der Waals surface area contributed by atoms with E-state index in [1.165, 1.54) is 19.3 Å². The maximum absolute atomic E-state index is 12.6. The first-order chi connectivity index (χ1) is 8.63. The molecule has 0 amide bonds. The topological polar surface area (TPSA) is 30.0 Å². The van der Waals surface area contributed by atoms with Crippen molar-refractivity contribution in [1.82, 2.24) is 4.98 Å². The summed E-state index contributed by atoms with van der Waals surface area (Å²) in [5.74, 6) is 1.05. The van der Waals surface area contributed by atoms with Gasteiger partial charge in [-0.1, -0.05) is 32.3 Å². The van der Waals surface area contributed by atoms with Crippen LogP contribution < -0.4 is 0 Å². The van der Waals surface area contributed by atoms with Crippen LogP contribution in [0, 0.1) is 25.7 Å². The predicted molar refractivity (Wildman–Crippen MR) is 73.8 cm³/mol. The van der Waals surface area contributed by atoms with Gasteiger partial charge >= 0.3 is 0 Å². The third-order valence-electron chi connectivity index (χ3n) is 4.22. The van der Waals surface area contributed by atoms with Crippen LogP contribution in [-0.2, 0) is 0 Å². The van der Waals surface area contributed by atoms with E-state index >= 15 is 0 Å². The molecule has 1 saturated carbocycles. The minimum absolute atomic E-state index is 0.206. The van der Waals surface area contributed by atoms with E-state index in [1.807, 2.05) is 20.0 Å². The van der Waals surface area contributed by atoms with Gasteiger partial charge in [0.15, 0.2) is 5.78 Å². The van der Waals surface area contributed by atoms with Crippen molar-refractivity contribution in [2.24, 2.45) is 11.8 Å². The average Bonchev–Trinajstić information content (AvgIpc) is 2.38. The first-order valence-electron chi connectivity index (χ1n) is 7.11. The summed E-state index contributed by atoms with van der Waals surface area (Å²) >= 11 is 0. The molecule has 2 rings (SSSR count). The van der Waals surface area contributed by atoms with Crippen molar-refractivity contribution in [3.63, 3.8) is 0 Å². The largest absolute Gasteiger partial charge is 0.292 e. The Balaban J connectivity index is 2.24. The van der Waals surface area contributed by atoms with Crippen LogP contribution in [0.15, 0.2) is 12.3 Å². The zero-order valence-electron chi connectivity index (χ0n) is 11.7. The monoisotopic (exact) mass is 245 g/mol. The molecule has 0 saturated heterocycles. The van der Waals surface area contributed by atoms with Gasteiger partial charge in [0.05, 0.1) is 0 Å². The van der Waals surface area contributed by atoms with E-state index < -0.39 is 0 Å². The Morgan fingerprint density at radius 2 is 2.06 bits per heavy atom. The number of nitrogens with zero attached hydrogens (tertiary/aromatic N) is 1. The smallest absolute Gasteiger partial charge is 0.184 e. The second-order valence-electron chi connectivity index (χ2n) is 5.60. The Kier molecular flexibility index (Phi) is 4.15. The molecule has 2 atom stereocenters. The lowest BCUT2D eigenvalue weighted by Gasteiger charge is -2.29. The van der Waals surface area contributed by atoms with E-state index in [2.05, 4.69) is 18.0 Å². The summed E-state index contributed by atoms with van der Waals surface area (Å²) < 4.78 is 0. The van der Waals surface area contributed by atoms with Crippen molar-refractivity contribution in [2.75, 3.05) is 0 Å². The zero-order chi connectivity index (χ0) is 13.1. The van der Waals surface area contributed by atoms with Gasteiger partial charge in [0, 0.05) is 12.1 Å². The van der Waals surface area contributed by atoms with Gasteiger partial charge in [0.25, 0.3) is 0 Å². The molecule has 0 N–H and O–H groups in total. The van der Waals surface area contributed by atoms with Crippen molar-refractivity contribution in [3.8, 4) is 0 Å². The van der Waals surface area contributed by atoms with Crippen molar-refractivity contribution in [1.29, 1.82) is 0 Å². The van der Waals surface area contributed by atoms with Crippen LogP contribution in [-0.4, -0.2) is 10.8 Å².